The van der Waals surface area contributed by atoms with Gasteiger partial charge in [-0.2, -0.15) is 0 Å². The summed E-state index contributed by atoms with van der Waals surface area (Å²) in [5.41, 5.74) is 1.83. The molecular formula is C13H12N2O3. The third-order valence-corrected chi connectivity index (χ3v) is 2.99. The monoisotopic (exact) mass is 244 g/mol. The summed E-state index contributed by atoms with van der Waals surface area (Å²) in [5, 5.41) is 6.80. The molecule has 1 aliphatic heterocycles. The van der Waals surface area contributed by atoms with Crippen LogP contribution in [0, 0.1) is 0 Å². The first-order valence-electron chi connectivity index (χ1n) is 5.71. The highest BCUT2D eigenvalue weighted by atomic mass is 16.5. The first-order chi connectivity index (χ1) is 8.81. The number of carbonyl (C=O) groups excluding carboxylic acids is 1. The summed E-state index contributed by atoms with van der Waals surface area (Å²) < 4.78 is 10.5. The average Bonchev–Trinajstić information content (AvgIpc) is 2.84. The van der Waals surface area contributed by atoms with Gasteiger partial charge in [-0.1, -0.05) is 17.3 Å². The molecule has 5 nitrogen and oxygen atoms in total. The molecule has 0 aliphatic carbocycles. The number of hydrogen-bond acceptors (Lipinski definition) is 4. The first-order valence-corrected chi connectivity index (χ1v) is 5.71. The predicted molar refractivity (Wildman–Crippen MR) is 64.5 cm³/mol. The molecule has 1 aromatic heterocycles. The van der Waals surface area contributed by atoms with Crippen LogP contribution in [0.1, 0.15) is 16.1 Å². The van der Waals surface area contributed by atoms with E-state index in [-0.39, 0.29) is 5.91 Å². The molecule has 2 aromatic rings. The summed E-state index contributed by atoms with van der Waals surface area (Å²) in [6.07, 6.45) is 0.670. The Morgan fingerprint density at radius 2 is 2.22 bits per heavy atom. The molecule has 0 unspecified atom stereocenters. The molecule has 1 amide bonds. The van der Waals surface area contributed by atoms with Crippen molar-refractivity contribution in [3.8, 4) is 17.0 Å². The van der Waals surface area contributed by atoms with Gasteiger partial charge in [0.25, 0.3) is 5.91 Å². The van der Waals surface area contributed by atoms with E-state index in [9.17, 15) is 4.79 Å². The van der Waals surface area contributed by atoms with E-state index in [4.69, 9.17) is 9.26 Å². The SMILES string of the molecule is COc1ccccc1-c1noc2c1C(=O)NCC2. The minimum Gasteiger partial charge on any atom is -0.496 e. The number of amides is 1. The summed E-state index contributed by atoms with van der Waals surface area (Å²) in [5.74, 6) is 1.17. The van der Waals surface area contributed by atoms with Crippen molar-refractivity contribution in [1.82, 2.24) is 10.5 Å². The van der Waals surface area contributed by atoms with Crippen molar-refractivity contribution in [2.75, 3.05) is 13.7 Å². The third-order valence-electron chi connectivity index (χ3n) is 2.99. The van der Waals surface area contributed by atoms with Crippen LogP contribution in [0.2, 0.25) is 0 Å². The first kappa shape index (κ1) is 10.8. The molecule has 92 valence electrons. The zero-order chi connectivity index (χ0) is 12.5. The molecule has 1 aromatic carbocycles. The van der Waals surface area contributed by atoms with Crippen LogP contribution in [-0.2, 0) is 6.42 Å². The Kier molecular flexibility index (Phi) is 2.51. The highest BCUT2D eigenvalue weighted by Crippen LogP contribution is 2.33. The van der Waals surface area contributed by atoms with Crippen LogP contribution in [-0.4, -0.2) is 24.7 Å². The van der Waals surface area contributed by atoms with E-state index >= 15 is 0 Å². The zero-order valence-corrected chi connectivity index (χ0v) is 9.90. The Morgan fingerprint density at radius 3 is 3.06 bits per heavy atom. The zero-order valence-electron chi connectivity index (χ0n) is 9.90. The number of methoxy groups -OCH3 is 1. The molecule has 2 heterocycles. The van der Waals surface area contributed by atoms with Gasteiger partial charge in [-0.15, -0.1) is 0 Å². The molecular weight excluding hydrogens is 232 g/mol. The smallest absolute Gasteiger partial charge is 0.257 e. The van der Waals surface area contributed by atoms with Crippen molar-refractivity contribution < 1.29 is 14.1 Å². The fourth-order valence-corrected chi connectivity index (χ4v) is 2.13. The minimum atomic E-state index is -0.140. The average molecular weight is 244 g/mol. The Morgan fingerprint density at radius 1 is 1.39 bits per heavy atom. The van der Waals surface area contributed by atoms with Crippen molar-refractivity contribution in [3.05, 3.63) is 35.6 Å². The molecule has 0 saturated carbocycles. The van der Waals surface area contributed by atoms with Gasteiger partial charge in [0.2, 0.25) is 0 Å². The van der Waals surface area contributed by atoms with Crippen molar-refractivity contribution in [2.24, 2.45) is 0 Å². The maximum absolute atomic E-state index is 11.9. The van der Waals surface area contributed by atoms with E-state index in [0.29, 0.717) is 35.7 Å². The largest absolute Gasteiger partial charge is 0.496 e. The van der Waals surface area contributed by atoms with Crippen LogP contribution in [0.3, 0.4) is 0 Å². The number of nitrogens with zero attached hydrogens (tertiary/aromatic N) is 1. The van der Waals surface area contributed by atoms with Crippen LogP contribution in [0.4, 0.5) is 0 Å². The molecule has 0 atom stereocenters. The van der Waals surface area contributed by atoms with Gasteiger partial charge in [0.05, 0.1) is 7.11 Å². The Hall–Kier alpha value is -2.30. The lowest BCUT2D eigenvalue weighted by molar-refractivity contribution is 0.0943. The summed E-state index contributed by atoms with van der Waals surface area (Å²) in [7, 11) is 1.59. The summed E-state index contributed by atoms with van der Waals surface area (Å²) >= 11 is 0. The van der Waals surface area contributed by atoms with Gasteiger partial charge in [0.15, 0.2) is 5.76 Å². The van der Waals surface area contributed by atoms with Crippen LogP contribution in [0.5, 0.6) is 5.75 Å². The molecule has 0 saturated heterocycles. The highest BCUT2D eigenvalue weighted by Gasteiger charge is 2.28. The molecule has 1 N–H and O–H groups in total. The van der Waals surface area contributed by atoms with Crippen LogP contribution in [0.25, 0.3) is 11.3 Å². The van der Waals surface area contributed by atoms with Crippen molar-refractivity contribution in [2.45, 2.75) is 6.42 Å². The topological polar surface area (TPSA) is 64.4 Å². The quantitative estimate of drug-likeness (QED) is 0.872. The van der Waals surface area contributed by atoms with Gasteiger partial charge >= 0.3 is 0 Å². The molecule has 1 aliphatic rings. The lowest BCUT2D eigenvalue weighted by Crippen LogP contribution is -2.31. The predicted octanol–water partition coefficient (Wildman–Crippen LogP) is 1.64. The van der Waals surface area contributed by atoms with E-state index in [1.165, 1.54) is 0 Å². The number of rotatable bonds is 2. The van der Waals surface area contributed by atoms with Gasteiger partial charge < -0.3 is 14.6 Å². The number of benzene rings is 1. The lowest BCUT2D eigenvalue weighted by atomic mass is 10.0. The number of nitrogens with one attached hydrogen (secondary N) is 1. The van der Waals surface area contributed by atoms with E-state index in [1.807, 2.05) is 24.3 Å². The van der Waals surface area contributed by atoms with Crippen molar-refractivity contribution in [3.63, 3.8) is 0 Å². The lowest BCUT2D eigenvalue weighted by Gasteiger charge is -2.11. The number of para-hydroxylation sites is 1. The van der Waals surface area contributed by atoms with E-state index in [0.717, 1.165) is 5.56 Å². The number of ether oxygens (including phenoxy) is 1. The van der Waals surface area contributed by atoms with Gasteiger partial charge in [0, 0.05) is 18.5 Å². The minimum absolute atomic E-state index is 0.140. The Balaban J connectivity index is 2.18. The number of fused-ring (bicyclic) bond motifs is 1. The molecule has 18 heavy (non-hydrogen) atoms. The normalized spacial score (nSPS) is 13.9. The fraction of sp³-hybridized carbons (Fsp3) is 0.231. The standard InChI is InChI=1S/C13H12N2O3/c1-17-9-5-3-2-4-8(9)12-11-10(18-15-12)6-7-14-13(11)16/h2-5H,6-7H2,1H3,(H,14,16). The number of carbonyl (C=O) groups is 1. The molecule has 0 spiro atoms. The van der Waals surface area contributed by atoms with Crippen LogP contribution in [0.15, 0.2) is 28.8 Å². The number of hydrogen-bond donors (Lipinski definition) is 1. The maximum atomic E-state index is 11.9. The summed E-state index contributed by atoms with van der Waals surface area (Å²) in [6, 6.07) is 7.44. The Labute approximate surface area is 104 Å². The van der Waals surface area contributed by atoms with Gasteiger partial charge in [0.1, 0.15) is 17.0 Å². The van der Waals surface area contributed by atoms with Gasteiger partial charge in [-0.25, -0.2) is 0 Å². The van der Waals surface area contributed by atoms with Crippen molar-refractivity contribution in [1.29, 1.82) is 0 Å². The second-order valence-electron chi connectivity index (χ2n) is 4.04. The Bertz CT molecular complexity index is 604. The highest BCUT2D eigenvalue weighted by molar-refractivity contribution is 6.02. The fourth-order valence-electron chi connectivity index (χ4n) is 2.13. The van der Waals surface area contributed by atoms with Crippen LogP contribution < -0.4 is 10.1 Å². The second kappa shape index (κ2) is 4.18. The molecule has 5 heteroatoms. The summed E-state index contributed by atoms with van der Waals surface area (Å²) in [6.45, 7) is 0.590. The van der Waals surface area contributed by atoms with Gasteiger partial charge in [-0.3, -0.25) is 4.79 Å². The molecule has 0 bridgehead atoms. The molecule has 3 rings (SSSR count). The van der Waals surface area contributed by atoms with E-state index in [1.54, 1.807) is 7.11 Å². The van der Waals surface area contributed by atoms with Crippen LogP contribution >= 0.6 is 0 Å². The van der Waals surface area contributed by atoms with Gasteiger partial charge in [-0.05, 0) is 12.1 Å². The van der Waals surface area contributed by atoms with Crippen molar-refractivity contribution >= 4 is 5.91 Å². The van der Waals surface area contributed by atoms with E-state index in [2.05, 4.69) is 10.5 Å². The molecule has 0 radical (unpaired) electrons. The molecule has 0 fully saturated rings. The third kappa shape index (κ3) is 1.55. The summed E-state index contributed by atoms with van der Waals surface area (Å²) in [4.78, 5) is 11.9. The van der Waals surface area contributed by atoms with E-state index < -0.39 is 0 Å². The second-order valence-corrected chi connectivity index (χ2v) is 4.04. The number of aromatic nitrogens is 1. The maximum Gasteiger partial charge on any atom is 0.257 e.